The number of carboxylic acid groups (broad SMARTS) is 1. The molecule has 1 N–H and O–H groups in total. The number of aromatic nitrogens is 3. The highest BCUT2D eigenvalue weighted by molar-refractivity contribution is 7.13. The summed E-state index contributed by atoms with van der Waals surface area (Å²) in [7, 11) is 0. The summed E-state index contributed by atoms with van der Waals surface area (Å²) in [5.74, 6) is -0.337. The van der Waals surface area contributed by atoms with Gasteiger partial charge in [-0.3, -0.25) is 0 Å². The maximum absolute atomic E-state index is 10.9. The maximum atomic E-state index is 10.9. The molecule has 8 heteroatoms. The lowest BCUT2D eigenvalue weighted by atomic mass is 10.3. The molecule has 7 nitrogen and oxygen atoms in total. The number of quaternary nitrogens is 1. The lowest BCUT2D eigenvalue weighted by Gasteiger charge is -2.31. The van der Waals surface area contributed by atoms with E-state index in [2.05, 4.69) is 19.9 Å². The van der Waals surface area contributed by atoms with Gasteiger partial charge in [0.1, 0.15) is 0 Å². The highest BCUT2D eigenvalue weighted by atomic mass is 32.1. The first kappa shape index (κ1) is 15.8. The molecule has 0 amide bonds. The molecular weight excluding hydrogens is 314 g/mol. The molecule has 0 unspecified atom stereocenters. The number of nitrogens with one attached hydrogen (secondary N) is 1. The van der Waals surface area contributed by atoms with Crippen LogP contribution in [-0.4, -0.2) is 53.6 Å². The molecule has 1 aliphatic heterocycles. The summed E-state index contributed by atoms with van der Waals surface area (Å²) < 4.78 is 0. The lowest BCUT2D eigenvalue weighted by Crippen LogP contribution is -3.15. The Morgan fingerprint density at radius 3 is 2.65 bits per heavy atom. The number of thiazole rings is 1. The summed E-state index contributed by atoms with van der Waals surface area (Å²) in [6.07, 6.45) is 4.33. The van der Waals surface area contributed by atoms with Crippen LogP contribution in [0, 0.1) is 6.92 Å². The molecule has 2 aromatic heterocycles. The number of aromatic carboxylic acids is 1. The summed E-state index contributed by atoms with van der Waals surface area (Å²) in [5, 5.41) is 11.8. The van der Waals surface area contributed by atoms with Crippen molar-refractivity contribution in [1.29, 1.82) is 0 Å². The van der Waals surface area contributed by atoms with Gasteiger partial charge in [-0.25, -0.2) is 15.0 Å². The van der Waals surface area contributed by atoms with Gasteiger partial charge in [0.25, 0.3) is 0 Å². The van der Waals surface area contributed by atoms with E-state index in [1.54, 1.807) is 19.3 Å². The number of carbonyl (C=O) groups is 1. The molecule has 0 bridgehead atoms. The van der Waals surface area contributed by atoms with Crippen molar-refractivity contribution >= 4 is 23.3 Å². The van der Waals surface area contributed by atoms with E-state index in [9.17, 15) is 9.90 Å². The maximum Gasteiger partial charge on any atom is 0.225 e. The van der Waals surface area contributed by atoms with E-state index in [1.807, 2.05) is 6.07 Å². The van der Waals surface area contributed by atoms with Gasteiger partial charge in [0.15, 0.2) is 0 Å². The van der Waals surface area contributed by atoms with Crippen LogP contribution in [0.5, 0.6) is 0 Å². The van der Waals surface area contributed by atoms with E-state index < -0.39 is 5.97 Å². The van der Waals surface area contributed by atoms with Gasteiger partial charge in [0, 0.05) is 18.8 Å². The fourth-order valence-corrected chi connectivity index (χ4v) is 3.66. The first-order valence-electron chi connectivity index (χ1n) is 7.66. The summed E-state index contributed by atoms with van der Waals surface area (Å²) >= 11 is 1.24. The molecule has 1 saturated heterocycles. The molecule has 23 heavy (non-hydrogen) atoms. The number of piperazine rings is 1. The van der Waals surface area contributed by atoms with Crippen LogP contribution < -0.4 is 14.9 Å². The van der Waals surface area contributed by atoms with Crippen molar-refractivity contribution < 1.29 is 14.8 Å². The van der Waals surface area contributed by atoms with Gasteiger partial charge in [-0.15, -0.1) is 11.3 Å². The zero-order valence-corrected chi connectivity index (χ0v) is 13.8. The van der Waals surface area contributed by atoms with E-state index in [-0.39, 0.29) is 4.88 Å². The molecule has 122 valence electrons. The van der Waals surface area contributed by atoms with Gasteiger partial charge >= 0.3 is 0 Å². The van der Waals surface area contributed by atoms with E-state index >= 15 is 0 Å². The Balaban J connectivity index is 1.49. The predicted molar refractivity (Wildman–Crippen MR) is 84.7 cm³/mol. The first-order valence-corrected chi connectivity index (χ1v) is 8.48. The summed E-state index contributed by atoms with van der Waals surface area (Å²) in [6.45, 7) is 6.59. The lowest BCUT2D eigenvalue weighted by molar-refractivity contribution is -0.900. The van der Waals surface area contributed by atoms with Gasteiger partial charge in [-0.05, 0) is 13.0 Å². The van der Waals surface area contributed by atoms with Crippen LogP contribution in [0.1, 0.15) is 20.4 Å². The standard InChI is InChI=1S/C15H19N5O2S/c1-11-13(14(21)22)23-12(18-11)3-6-19-7-9-20(10-8-19)15-16-4-2-5-17-15/h2,4-5H,3,6-10H2,1H3,(H,21,22). The fraction of sp³-hybridized carbons (Fsp3) is 0.467. The number of aryl methyl sites for hydroxylation is 1. The molecule has 3 rings (SSSR count). The molecule has 0 spiro atoms. The highest BCUT2D eigenvalue weighted by Gasteiger charge is 2.21. The number of hydrogen-bond donors (Lipinski definition) is 1. The molecule has 0 saturated carbocycles. The van der Waals surface area contributed by atoms with Gasteiger partial charge < -0.3 is 19.7 Å². The number of hydrogen-bond acceptors (Lipinski definition) is 7. The SMILES string of the molecule is Cc1nc(CC[NH+]2CCN(c3ncccn3)CC2)sc1C(=O)[O-]. The smallest absolute Gasteiger partial charge is 0.225 e. The quantitative estimate of drug-likeness (QED) is 0.721. The average molecular weight is 333 g/mol. The average Bonchev–Trinajstić information content (AvgIpc) is 2.95. The topological polar surface area (TPSA) is 86.5 Å². The molecule has 0 radical (unpaired) electrons. The number of carbonyl (C=O) groups excluding carboxylic acids is 1. The minimum atomic E-state index is -1.13. The second-order valence-electron chi connectivity index (χ2n) is 5.60. The van der Waals surface area contributed by atoms with Crippen LogP contribution in [0.2, 0.25) is 0 Å². The Labute approximate surface area is 138 Å². The third kappa shape index (κ3) is 3.83. The molecule has 2 aromatic rings. The Hall–Kier alpha value is -2.06. The predicted octanol–water partition coefficient (Wildman–Crippen LogP) is -1.45. The highest BCUT2D eigenvalue weighted by Crippen LogP contribution is 2.17. The molecule has 3 heterocycles. The van der Waals surface area contributed by atoms with E-state index in [0.29, 0.717) is 5.69 Å². The Bertz CT molecular complexity index is 668. The summed E-state index contributed by atoms with van der Waals surface area (Å²) in [6, 6.07) is 1.82. The van der Waals surface area contributed by atoms with Crippen molar-refractivity contribution in [3.05, 3.63) is 34.0 Å². The van der Waals surface area contributed by atoms with E-state index in [0.717, 1.165) is 50.1 Å². The van der Waals surface area contributed by atoms with Gasteiger partial charge in [-0.1, -0.05) is 0 Å². The van der Waals surface area contributed by atoms with Crippen molar-refractivity contribution in [2.75, 3.05) is 37.6 Å². The molecule has 0 aromatic carbocycles. The molecule has 0 atom stereocenters. The van der Waals surface area contributed by atoms with E-state index in [1.165, 1.54) is 16.2 Å². The van der Waals surface area contributed by atoms with Crippen molar-refractivity contribution in [2.24, 2.45) is 0 Å². The molecule has 1 fully saturated rings. The minimum absolute atomic E-state index is 0.251. The second kappa shape index (κ2) is 7.01. The first-order chi connectivity index (χ1) is 11.1. The Morgan fingerprint density at radius 2 is 2.04 bits per heavy atom. The van der Waals surface area contributed by atoms with Crippen LogP contribution in [0.3, 0.4) is 0 Å². The monoisotopic (exact) mass is 333 g/mol. The Morgan fingerprint density at radius 1 is 1.35 bits per heavy atom. The Kier molecular flexibility index (Phi) is 4.82. The minimum Gasteiger partial charge on any atom is -0.544 e. The zero-order chi connectivity index (χ0) is 16.2. The van der Waals surface area contributed by atoms with Gasteiger partial charge in [0.2, 0.25) is 5.95 Å². The van der Waals surface area contributed by atoms with E-state index in [4.69, 9.17) is 0 Å². The van der Waals surface area contributed by atoms with Crippen LogP contribution in [0.15, 0.2) is 18.5 Å². The largest absolute Gasteiger partial charge is 0.544 e. The van der Waals surface area contributed by atoms with Gasteiger partial charge in [0.05, 0.1) is 54.3 Å². The third-order valence-electron chi connectivity index (χ3n) is 4.02. The summed E-state index contributed by atoms with van der Waals surface area (Å²) in [5.41, 5.74) is 0.561. The fourth-order valence-electron chi connectivity index (χ4n) is 2.76. The van der Waals surface area contributed by atoms with Crippen molar-refractivity contribution in [3.63, 3.8) is 0 Å². The normalized spacial score (nSPS) is 15.8. The second-order valence-corrected chi connectivity index (χ2v) is 6.68. The van der Waals surface area contributed by atoms with Gasteiger partial charge in [-0.2, -0.15) is 0 Å². The van der Waals surface area contributed by atoms with Crippen molar-refractivity contribution in [1.82, 2.24) is 15.0 Å². The van der Waals surface area contributed by atoms with Crippen LogP contribution in [0.4, 0.5) is 5.95 Å². The number of carboxylic acids is 1. The van der Waals surface area contributed by atoms with Crippen LogP contribution in [0.25, 0.3) is 0 Å². The zero-order valence-electron chi connectivity index (χ0n) is 13.0. The molecular formula is C15H19N5O2S. The van der Waals surface area contributed by atoms with Crippen molar-refractivity contribution in [3.8, 4) is 0 Å². The van der Waals surface area contributed by atoms with Crippen molar-refractivity contribution in [2.45, 2.75) is 13.3 Å². The van der Waals surface area contributed by atoms with Crippen LogP contribution >= 0.6 is 11.3 Å². The summed E-state index contributed by atoms with van der Waals surface area (Å²) in [4.78, 5) is 27.8. The number of anilines is 1. The molecule has 0 aliphatic carbocycles. The third-order valence-corrected chi connectivity index (χ3v) is 5.22. The number of rotatable bonds is 5. The van der Waals surface area contributed by atoms with Crippen LogP contribution in [-0.2, 0) is 6.42 Å². The number of nitrogens with zero attached hydrogens (tertiary/aromatic N) is 4. The molecule has 1 aliphatic rings.